The van der Waals surface area contributed by atoms with E-state index in [0.717, 1.165) is 18.7 Å². The number of phenolic OH excluding ortho intramolecular Hbond substituents is 1. The molecule has 0 bridgehead atoms. The third kappa shape index (κ3) is 3.74. The molecule has 5 heteroatoms. The lowest BCUT2D eigenvalue weighted by atomic mass is 10.1. The average molecular weight is 292 g/mol. The summed E-state index contributed by atoms with van der Waals surface area (Å²) in [6, 6.07) is 5.14. The molecule has 1 aromatic carbocycles. The van der Waals surface area contributed by atoms with Gasteiger partial charge in [-0.05, 0) is 38.5 Å². The van der Waals surface area contributed by atoms with E-state index in [1.54, 1.807) is 26.0 Å². The van der Waals surface area contributed by atoms with Crippen LogP contribution in [-0.2, 0) is 0 Å². The van der Waals surface area contributed by atoms with Crippen molar-refractivity contribution in [2.24, 2.45) is 0 Å². The molecule has 0 spiro atoms. The molecule has 1 saturated heterocycles. The van der Waals surface area contributed by atoms with Crippen molar-refractivity contribution in [1.82, 2.24) is 9.80 Å². The Labute approximate surface area is 125 Å². The summed E-state index contributed by atoms with van der Waals surface area (Å²) in [5.41, 5.74) is 1.29. The Morgan fingerprint density at radius 3 is 2.71 bits per heavy atom. The molecule has 1 aliphatic rings. The third-order valence-electron chi connectivity index (χ3n) is 3.95. The Bertz CT molecular complexity index is 516. The molecule has 1 aliphatic heterocycles. The van der Waals surface area contributed by atoms with Crippen LogP contribution in [0.3, 0.4) is 0 Å². The second-order valence-electron chi connectivity index (χ2n) is 5.96. The van der Waals surface area contributed by atoms with Crippen molar-refractivity contribution < 1.29 is 15.0 Å². The minimum Gasteiger partial charge on any atom is -0.508 e. The van der Waals surface area contributed by atoms with Gasteiger partial charge in [0.15, 0.2) is 0 Å². The smallest absolute Gasteiger partial charge is 0.254 e. The minimum atomic E-state index is -0.353. The van der Waals surface area contributed by atoms with Gasteiger partial charge in [-0.3, -0.25) is 9.69 Å². The number of β-amino-alcohol motifs (C(OH)–C–C–N with tert-alkyl or cyclic N) is 1. The molecule has 21 heavy (non-hydrogen) atoms. The van der Waals surface area contributed by atoms with Crippen LogP contribution in [0.4, 0.5) is 0 Å². The largest absolute Gasteiger partial charge is 0.508 e. The molecular formula is C16H24N2O3. The Balaban J connectivity index is 2.05. The summed E-state index contributed by atoms with van der Waals surface area (Å²) in [6.45, 7) is 8.39. The van der Waals surface area contributed by atoms with Crippen molar-refractivity contribution in [2.75, 3.05) is 26.2 Å². The zero-order valence-corrected chi connectivity index (χ0v) is 12.9. The zero-order chi connectivity index (χ0) is 15.6. The van der Waals surface area contributed by atoms with Gasteiger partial charge in [0.2, 0.25) is 0 Å². The van der Waals surface area contributed by atoms with Gasteiger partial charge in [-0.2, -0.15) is 0 Å². The van der Waals surface area contributed by atoms with Crippen LogP contribution in [0, 0.1) is 6.92 Å². The monoisotopic (exact) mass is 292 g/mol. The lowest BCUT2D eigenvalue weighted by Gasteiger charge is -2.40. The van der Waals surface area contributed by atoms with Crippen LogP contribution in [0.1, 0.15) is 29.8 Å². The molecule has 0 aromatic heterocycles. The highest BCUT2D eigenvalue weighted by molar-refractivity contribution is 5.95. The molecule has 0 unspecified atom stereocenters. The highest BCUT2D eigenvalue weighted by Gasteiger charge is 2.28. The molecule has 2 atom stereocenters. The Kier molecular flexibility index (Phi) is 4.85. The standard InChI is InChI=1S/C16H24N2O3/c1-11-4-5-14(8-15(11)20)16(21)18-7-6-17(9-12(18)2)10-13(3)19/h4-5,8,12-13,19-20H,6-7,9-10H2,1-3H3/t12-,13-/m1/s1. The second kappa shape index (κ2) is 6.45. The van der Waals surface area contributed by atoms with E-state index in [2.05, 4.69) is 4.90 Å². The Morgan fingerprint density at radius 2 is 2.14 bits per heavy atom. The summed E-state index contributed by atoms with van der Waals surface area (Å²) < 4.78 is 0. The number of aromatic hydroxyl groups is 1. The van der Waals surface area contributed by atoms with Gasteiger partial charge in [0.05, 0.1) is 6.10 Å². The third-order valence-corrected chi connectivity index (χ3v) is 3.95. The van der Waals surface area contributed by atoms with E-state index in [0.29, 0.717) is 18.7 Å². The van der Waals surface area contributed by atoms with Crippen molar-refractivity contribution in [3.8, 4) is 5.75 Å². The van der Waals surface area contributed by atoms with E-state index in [1.807, 2.05) is 11.8 Å². The van der Waals surface area contributed by atoms with Gasteiger partial charge in [-0.25, -0.2) is 0 Å². The fourth-order valence-corrected chi connectivity index (χ4v) is 2.78. The Morgan fingerprint density at radius 1 is 1.43 bits per heavy atom. The number of carbonyl (C=O) groups is 1. The molecule has 0 saturated carbocycles. The predicted octanol–water partition coefficient (Wildman–Crippen LogP) is 1.23. The maximum absolute atomic E-state index is 12.5. The van der Waals surface area contributed by atoms with E-state index in [1.165, 1.54) is 6.07 Å². The number of aliphatic hydroxyl groups is 1. The number of aliphatic hydroxyl groups excluding tert-OH is 1. The van der Waals surface area contributed by atoms with Crippen molar-refractivity contribution in [1.29, 1.82) is 0 Å². The summed E-state index contributed by atoms with van der Waals surface area (Å²) in [5, 5.41) is 19.2. The van der Waals surface area contributed by atoms with Crippen molar-refractivity contribution in [2.45, 2.75) is 32.9 Å². The maximum Gasteiger partial charge on any atom is 0.254 e. The average Bonchev–Trinajstić information content (AvgIpc) is 2.40. The first-order valence-electron chi connectivity index (χ1n) is 7.39. The number of aryl methyl sites for hydroxylation is 1. The van der Waals surface area contributed by atoms with Crippen LogP contribution in [0.15, 0.2) is 18.2 Å². The molecule has 5 nitrogen and oxygen atoms in total. The number of piperazine rings is 1. The molecule has 2 rings (SSSR count). The molecule has 0 aliphatic carbocycles. The van der Waals surface area contributed by atoms with Crippen LogP contribution < -0.4 is 0 Å². The van der Waals surface area contributed by atoms with E-state index in [4.69, 9.17) is 0 Å². The lowest BCUT2D eigenvalue weighted by Crippen LogP contribution is -2.55. The second-order valence-corrected chi connectivity index (χ2v) is 5.96. The maximum atomic E-state index is 12.5. The van der Waals surface area contributed by atoms with Gasteiger partial charge < -0.3 is 15.1 Å². The number of benzene rings is 1. The molecule has 2 N–H and O–H groups in total. The first-order chi connectivity index (χ1) is 9.88. The molecule has 0 radical (unpaired) electrons. The van der Waals surface area contributed by atoms with Gasteiger partial charge in [0, 0.05) is 37.8 Å². The van der Waals surface area contributed by atoms with Gasteiger partial charge in [0.25, 0.3) is 5.91 Å². The number of nitrogens with zero attached hydrogens (tertiary/aromatic N) is 2. The van der Waals surface area contributed by atoms with Crippen LogP contribution in [-0.4, -0.2) is 64.2 Å². The zero-order valence-electron chi connectivity index (χ0n) is 12.9. The molecule has 1 aromatic rings. The van der Waals surface area contributed by atoms with Crippen LogP contribution in [0.2, 0.25) is 0 Å². The van der Waals surface area contributed by atoms with Gasteiger partial charge in [-0.1, -0.05) is 6.07 Å². The number of carbonyl (C=O) groups excluding carboxylic acids is 1. The number of hydrogen-bond acceptors (Lipinski definition) is 4. The van der Waals surface area contributed by atoms with E-state index in [9.17, 15) is 15.0 Å². The molecular weight excluding hydrogens is 268 g/mol. The van der Waals surface area contributed by atoms with Gasteiger partial charge in [-0.15, -0.1) is 0 Å². The highest BCUT2D eigenvalue weighted by atomic mass is 16.3. The van der Waals surface area contributed by atoms with E-state index < -0.39 is 0 Å². The minimum absolute atomic E-state index is 0.0468. The number of amides is 1. The summed E-state index contributed by atoms with van der Waals surface area (Å²) >= 11 is 0. The van der Waals surface area contributed by atoms with Crippen molar-refractivity contribution >= 4 is 5.91 Å². The SMILES string of the molecule is Cc1ccc(C(=O)N2CCN(C[C@@H](C)O)C[C@H]2C)cc1O. The number of rotatable bonds is 3. The topological polar surface area (TPSA) is 64.0 Å². The fraction of sp³-hybridized carbons (Fsp3) is 0.562. The van der Waals surface area contributed by atoms with E-state index in [-0.39, 0.29) is 23.8 Å². The molecule has 1 heterocycles. The number of phenols is 1. The quantitative estimate of drug-likeness (QED) is 0.879. The summed E-state index contributed by atoms with van der Waals surface area (Å²) in [6.07, 6.45) is -0.353. The first-order valence-corrected chi connectivity index (χ1v) is 7.39. The van der Waals surface area contributed by atoms with Gasteiger partial charge >= 0.3 is 0 Å². The van der Waals surface area contributed by atoms with Crippen LogP contribution in [0.25, 0.3) is 0 Å². The van der Waals surface area contributed by atoms with Crippen molar-refractivity contribution in [3.63, 3.8) is 0 Å². The van der Waals surface area contributed by atoms with Crippen LogP contribution in [0.5, 0.6) is 5.75 Å². The van der Waals surface area contributed by atoms with Crippen LogP contribution >= 0.6 is 0 Å². The lowest BCUT2D eigenvalue weighted by molar-refractivity contribution is 0.0382. The molecule has 116 valence electrons. The Hall–Kier alpha value is -1.59. The summed E-state index contributed by atoms with van der Waals surface area (Å²) in [4.78, 5) is 16.6. The van der Waals surface area contributed by atoms with E-state index >= 15 is 0 Å². The highest BCUT2D eigenvalue weighted by Crippen LogP contribution is 2.20. The van der Waals surface area contributed by atoms with Gasteiger partial charge in [0.1, 0.15) is 5.75 Å². The summed E-state index contributed by atoms with van der Waals surface area (Å²) in [5.74, 6) is 0.107. The fourth-order valence-electron chi connectivity index (χ4n) is 2.78. The molecule has 1 fully saturated rings. The van der Waals surface area contributed by atoms with Crippen molar-refractivity contribution in [3.05, 3.63) is 29.3 Å². The number of hydrogen-bond donors (Lipinski definition) is 2. The first kappa shape index (κ1) is 15.8. The predicted molar refractivity (Wildman–Crippen MR) is 81.5 cm³/mol. The molecule has 1 amide bonds. The normalized spacial score (nSPS) is 21.3. The summed E-state index contributed by atoms with van der Waals surface area (Å²) in [7, 11) is 0.